The maximum absolute atomic E-state index is 12.6. The molecule has 5 heteroatoms. The van der Waals surface area contributed by atoms with E-state index < -0.39 is 5.97 Å². The zero-order valence-electron chi connectivity index (χ0n) is 16.3. The number of hydrogen-bond acceptors (Lipinski definition) is 3. The van der Waals surface area contributed by atoms with Gasteiger partial charge in [-0.2, -0.15) is 0 Å². The molecule has 0 spiro atoms. The highest BCUT2D eigenvalue weighted by atomic mass is 79.9. The van der Waals surface area contributed by atoms with Crippen LogP contribution in [0.3, 0.4) is 0 Å². The molecule has 0 N–H and O–H groups in total. The summed E-state index contributed by atoms with van der Waals surface area (Å²) in [5.74, 6) is 1.12. The fourth-order valence-corrected chi connectivity index (χ4v) is 3.76. The average Bonchev–Trinajstić information content (AvgIpc) is 2.71. The third kappa shape index (κ3) is 5.94. The Hall–Kier alpha value is -2.11. The number of ether oxygens (including phenoxy) is 2. The zero-order valence-corrected chi connectivity index (χ0v) is 19.5. The molecule has 0 saturated carbocycles. The van der Waals surface area contributed by atoms with Crippen LogP contribution in [0.25, 0.3) is 0 Å². The van der Waals surface area contributed by atoms with Crippen LogP contribution >= 0.6 is 31.9 Å². The van der Waals surface area contributed by atoms with Gasteiger partial charge in [-0.15, -0.1) is 0 Å². The second-order valence-electron chi connectivity index (χ2n) is 6.96. The molecule has 0 aromatic heterocycles. The Bertz CT molecular complexity index is 985. The Morgan fingerprint density at radius 1 is 0.931 bits per heavy atom. The Morgan fingerprint density at radius 2 is 1.66 bits per heavy atom. The molecule has 150 valence electrons. The highest BCUT2D eigenvalue weighted by Crippen LogP contribution is 2.31. The third-order valence-electron chi connectivity index (χ3n) is 4.46. The van der Waals surface area contributed by atoms with E-state index >= 15 is 0 Å². The van der Waals surface area contributed by atoms with E-state index in [-0.39, 0.29) is 5.92 Å². The second kappa shape index (κ2) is 10.1. The minimum absolute atomic E-state index is 0.238. The van der Waals surface area contributed by atoms with Crippen molar-refractivity contribution in [1.29, 1.82) is 0 Å². The monoisotopic (exact) mass is 516 g/mol. The van der Waals surface area contributed by atoms with Crippen molar-refractivity contribution in [3.05, 3.63) is 92.4 Å². The first kappa shape index (κ1) is 21.6. The van der Waals surface area contributed by atoms with E-state index in [2.05, 4.69) is 57.8 Å². The van der Waals surface area contributed by atoms with Crippen molar-refractivity contribution in [1.82, 2.24) is 0 Å². The number of carbonyl (C=O) groups is 1. The first-order valence-electron chi connectivity index (χ1n) is 9.42. The van der Waals surface area contributed by atoms with E-state index in [1.807, 2.05) is 36.4 Å². The maximum Gasteiger partial charge on any atom is 0.343 e. The summed E-state index contributed by atoms with van der Waals surface area (Å²) in [6.45, 7) is 4.69. The van der Waals surface area contributed by atoms with E-state index in [4.69, 9.17) is 9.47 Å². The van der Waals surface area contributed by atoms with Gasteiger partial charge in [0.15, 0.2) is 0 Å². The van der Waals surface area contributed by atoms with Gasteiger partial charge in [0.05, 0.1) is 16.6 Å². The highest BCUT2D eigenvalue weighted by molar-refractivity contribution is 9.10. The molecule has 3 aromatic rings. The zero-order chi connectivity index (χ0) is 20.8. The van der Waals surface area contributed by atoms with Crippen LogP contribution in [-0.2, 0) is 6.42 Å². The van der Waals surface area contributed by atoms with Gasteiger partial charge < -0.3 is 9.47 Å². The Kier molecular flexibility index (Phi) is 7.51. The molecular weight excluding hydrogens is 496 g/mol. The number of hydrogen-bond donors (Lipinski definition) is 0. The molecule has 0 bridgehead atoms. The van der Waals surface area contributed by atoms with Gasteiger partial charge in [0.1, 0.15) is 11.5 Å². The summed E-state index contributed by atoms with van der Waals surface area (Å²) < 4.78 is 13.2. The first-order chi connectivity index (χ1) is 13.9. The van der Waals surface area contributed by atoms with Crippen molar-refractivity contribution in [2.75, 3.05) is 6.61 Å². The molecular formula is C24H22Br2O3. The molecule has 0 amide bonds. The number of rotatable bonds is 7. The third-order valence-corrected chi connectivity index (χ3v) is 5.57. The SMILES string of the molecule is CC(C)c1cc(Br)ccc1OC(=O)c1ccc(OCCc2ccccc2)c(Br)c1. The summed E-state index contributed by atoms with van der Waals surface area (Å²) in [6.07, 6.45) is 0.818. The lowest BCUT2D eigenvalue weighted by Gasteiger charge is -2.14. The van der Waals surface area contributed by atoms with Gasteiger partial charge in [0.2, 0.25) is 0 Å². The van der Waals surface area contributed by atoms with E-state index in [9.17, 15) is 4.79 Å². The minimum atomic E-state index is -0.397. The maximum atomic E-state index is 12.6. The van der Waals surface area contributed by atoms with Crippen LogP contribution in [0.15, 0.2) is 75.7 Å². The first-order valence-corrected chi connectivity index (χ1v) is 11.0. The van der Waals surface area contributed by atoms with Gasteiger partial charge in [0, 0.05) is 10.9 Å². The average molecular weight is 518 g/mol. The summed E-state index contributed by atoms with van der Waals surface area (Å²) in [5.41, 5.74) is 2.66. The van der Waals surface area contributed by atoms with Crippen LogP contribution in [-0.4, -0.2) is 12.6 Å². The molecule has 0 aliphatic heterocycles. The Morgan fingerprint density at radius 3 is 2.34 bits per heavy atom. The molecule has 0 radical (unpaired) electrons. The lowest BCUT2D eigenvalue weighted by atomic mass is 10.0. The summed E-state index contributed by atoms with van der Waals surface area (Å²) in [4.78, 5) is 12.6. The van der Waals surface area contributed by atoms with Gasteiger partial charge in [-0.05, 0) is 69.4 Å². The summed E-state index contributed by atoms with van der Waals surface area (Å²) >= 11 is 6.96. The second-order valence-corrected chi connectivity index (χ2v) is 8.73. The predicted molar refractivity (Wildman–Crippen MR) is 123 cm³/mol. The van der Waals surface area contributed by atoms with E-state index in [1.54, 1.807) is 18.2 Å². The van der Waals surface area contributed by atoms with Crippen molar-refractivity contribution < 1.29 is 14.3 Å². The molecule has 0 aliphatic rings. The van der Waals surface area contributed by atoms with Crippen LogP contribution < -0.4 is 9.47 Å². The fourth-order valence-electron chi connectivity index (χ4n) is 2.89. The summed E-state index contributed by atoms with van der Waals surface area (Å²) in [5, 5.41) is 0. The van der Waals surface area contributed by atoms with Gasteiger partial charge in [0.25, 0.3) is 0 Å². The van der Waals surface area contributed by atoms with E-state index in [1.165, 1.54) is 5.56 Å². The van der Waals surface area contributed by atoms with E-state index in [0.29, 0.717) is 23.7 Å². The van der Waals surface area contributed by atoms with Gasteiger partial charge in [-0.3, -0.25) is 0 Å². The largest absolute Gasteiger partial charge is 0.492 e. The molecule has 3 nitrogen and oxygen atoms in total. The van der Waals surface area contributed by atoms with Crippen molar-refractivity contribution >= 4 is 37.8 Å². The lowest BCUT2D eigenvalue weighted by molar-refractivity contribution is 0.0732. The van der Waals surface area contributed by atoms with Crippen molar-refractivity contribution in [2.45, 2.75) is 26.2 Å². The van der Waals surface area contributed by atoms with Crippen LogP contribution in [0.2, 0.25) is 0 Å². The van der Waals surface area contributed by atoms with Gasteiger partial charge in [-0.25, -0.2) is 4.79 Å². The molecule has 29 heavy (non-hydrogen) atoms. The number of esters is 1. The summed E-state index contributed by atoms with van der Waals surface area (Å²) in [6, 6.07) is 21.1. The normalized spacial score (nSPS) is 10.8. The van der Waals surface area contributed by atoms with Gasteiger partial charge in [-0.1, -0.05) is 60.1 Å². The molecule has 0 fully saturated rings. The quantitative estimate of drug-likeness (QED) is 0.246. The predicted octanol–water partition coefficient (Wildman–Crippen LogP) is 7.18. The molecule has 0 aliphatic carbocycles. The van der Waals surface area contributed by atoms with Crippen molar-refractivity contribution in [3.63, 3.8) is 0 Å². The Balaban J connectivity index is 1.66. The summed E-state index contributed by atoms with van der Waals surface area (Å²) in [7, 11) is 0. The van der Waals surface area contributed by atoms with Crippen LogP contribution in [0.5, 0.6) is 11.5 Å². The van der Waals surface area contributed by atoms with Crippen LogP contribution in [0, 0.1) is 0 Å². The van der Waals surface area contributed by atoms with Crippen LogP contribution in [0.1, 0.15) is 41.3 Å². The Labute approximate surface area is 188 Å². The van der Waals surface area contributed by atoms with Crippen molar-refractivity contribution in [2.24, 2.45) is 0 Å². The number of carbonyl (C=O) groups excluding carboxylic acids is 1. The number of benzene rings is 3. The molecule has 0 heterocycles. The van der Waals surface area contributed by atoms with Crippen LogP contribution in [0.4, 0.5) is 0 Å². The molecule has 0 unspecified atom stereocenters. The minimum Gasteiger partial charge on any atom is -0.492 e. The van der Waals surface area contributed by atoms with Gasteiger partial charge >= 0.3 is 5.97 Å². The topological polar surface area (TPSA) is 35.5 Å². The number of halogens is 2. The standard InChI is InChI=1S/C24H22Br2O3/c1-16(2)20-15-19(25)9-11-22(20)29-24(27)18-8-10-23(21(26)14-18)28-13-12-17-6-4-3-5-7-17/h3-11,14-16H,12-13H2,1-2H3. The smallest absolute Gasteiger partial charge is 0.343 e. The molecule has 3 rings (SSSR count). The van der Waals surface area contributed by atoms with E-state index in [0.717, 1.165) is 20.9 Å². The van der Waals surface area contributed by atoms with Crippen molar-refractivity contribution in [3.8, 4) is 11.5 Å². The highest BCUT2D eigenvalue weighted by Gasteiger charge is 2.15. The molecule has 0 atom stereocenters. The fraction of sp³-hybridized carbons (Fsp3) is 0.208. The molecule has 0 saturated heterocycles. The lowest BCUT2D eigenvalue weighted by Crippen LogP contribution is -2.11. The molecule has 3 aromatic carbocycles.